The number of allylic oxidation sites excluding steroid dienone is 1. The number of rotatable bonds is 3. The van der Waals surface area contributed by atoms with Gasteiger partial charge in [0.15, 0.2) is 5.78 Å². The van der Waals surface area contributed by atoms with Crippen molar-refractivity contribution in [3.63, 3.8) is 0 Å². The zero-order valence-corrected chi connectivity index (χ0v) is 14.7. The number of ketones is 1. The lowest BCUT2D eigenvalue weighted by Gasteiger charge is -2.33. The first kappa shape index (κ1) is 18.1. The molecule has 8 heteroatoms. The van der Waals surface area contributed by atoms with Crippen LogP contribution in [0.1, 0.15) is 25.7 Å². The van der Waals surface area contributed by atoms with Gasteiger partial charge in [0.2, 0.25) is 0 Å². The second-order valence-electron chi connectivity index (χ2n) is 6.14. The number of hydrogen-bond acceptors (Lipinski definition) is 5. The third-order valence-corrected chi connectivity index (χ3v) is 4.72. The highest BCUT2D eigenvalue weighted by molar-refractivity contribution is 6.41. The van der Waals surface area contributed by atoms with Crippen molar-refractivity contribution >= 4 is 41.1 Å². The van der Waals surface area contributed by atoms with Crippen LogP contribution in [0.15, 0.2) is 41.2 Å². The third kappa shape index (κ3) is 4.11. The van der Waals surface area contributed by atoms with E-state index < -0.39 is 11.8 Å². The van der Waals surface area contributed by atoms with E-state index in [1.807, 2.05) is 0 Å². The highest BCUT2D eigenvalue weighted by atomic mass is 35.5. The lowest BCUT2D eigenvalue weighted by molar-refractivity contribution is -0.136. The summed E-state index contributed by atoms with van der Waals surface area (Å²) in [6.07, 6.45) is 6.23. The minimum Gasteiger partial charge on any atom is -0.496 e. The monoisotopic (exact) mass is 375 g/mol. The fourth-order valence-electron chi connectivity index (χ4n) is 3.04. The normalized spacial score (nSPS) is 22.2. The number of benzene rings is 1. The second kappa shape index (κ2) is 8.14. The Morgan fingerprint density at radius 1 is 1.19 bits per heavy atom. The zero-order chi connectivity index (χ0) is 18.5. The average Bonchev–Trinajstić information content (AvgIpc) is 2.65. The number of ether oxygens (including phenoxy) is 1. The Labute approximate surface area is 155 Å². The van der Waals surface area contributed by atoms with Crippen molar-refractivity contribution in [3.05, 3.63) is 41.1 Å². The smallest absolute Gasteiger partial charge is 0.329 e. The van der Waals surface area contributed by atoms with Crippen molar-refractivity contribution in [2.75, 3.05) is 5.32 Å². The minimum absolute atomic E-state index is 0.0422. The molecule has 7 nitrogen and oxygen atoms in total. The van der Waals surface area contributed by atoms with Gasteiger partial charge in [-0.1, -0.05) is 30.2 Å². The Hall–Kier alpha value is -2.67. The molecular formula is C18H18ClN3O4. The van der Waals surface area contributed by atoms with Crippen molar-refractivity contribution in [2.24, 2.45) is 11.0 Å². The van der Waals surface area contributed by atoms with Crippen molar-refractivity contribution in [3.8, 4) is 0 Å². The van der Waals surface area contributed by atoms with Gasteiger partial charge in [0.05, 0.1) is 34.7 Å². The molecule has 1 heterocycles. The molecule has 1 aliphatic heterocycles. The Morgan fingerprint density at radius 2 is 1.96 bits per heavy atom. The largest absolute Gasteiger partial charge is 0.496 e. The van der Waals surface area contributed by atoms with E-state index in [0.29, 0.717) is 10.7 Å². The molecule has 3 rings (SSSR count). The number of hydrazone groups is 1. The maximum absolute atomic E-state index is 12.4. The lowest BCUT2D eigenvalue weighted by Crippen LogP contribution is -2.37. The first-order chi connectivity index (χ1) is 12.6. The Kier molecular flexibility index (Phi) is 5.68. The molecule has 1 aliphatic carbocycles. The van der Waals surface area contributed by atoms with Crippen LogP contribution in [0.3, 0.4) is 0 Å². The van der Waals surface area contributed by atoms with Crippen molar-refractivity contribution in [2.45, 2.75) is 31.8 Å². The summed E-state index contributed by atoms with van der Waals surface area (Å²) in [6.45, 7) is 0. The number of carbonyl (C=O) groups is 3. The highest BCUT2D eigenvalue weighted by Crippen LogP contribution is 2.32. The summed E-state index contributed by atoms with van der Waals surface area (Å²) < 4.78 is 5.58. The van der Waals surface area contributed by atoms with E-state index in [2.05, 4.69) is 15.8 Å². The van der Waals surface area contributed by atoms with Crippen LogP contribution in [-0.2, 0) is 19.1 Å². The molecule has 136 valence electrons. The molecule has 2 amide bonds. The van der Waals surface area contributed by atoms with Crippen molar-refractivity contribution in [1.29, 1.82) is 0 Å². The average molecular weight is 376 g/mol. The van der Waals surface area contributed by atoms with Gasteiger partial charge < -0.3 is 10.1 Å². The predicted molar refractivity (Wildman–Crippen MR) is 96.6 cm³/mol. The number of fused-ring (bicyclic) bond motifs is 1. The van der Waals surface area contributed by atoms with Gasteiger partial charge in [-0.2, -0.15) is 5.10 Å². The Balaban J connectivity index is 1.55. The first-order valence-electron chi connectivity index (χ1n) is 8.35. The van der Waals surface area contributed by atoms with E-state index in [-0.39, 0.29) is 23.4 Å². The molecule has 0 spiro atoms. The molecule has 0 aromatic heterocycles. The maximum atomic E-state index is 12.4. The molecule has 1 aromatic carbocycles. The molecular weight excluding hydrogens is 358 g/mol. The zero-order valence-electron chi connectivity index (χ0n) is 13.9. The summed E-state index contributed by atoms with van der Waals surface area (Å²) in [4.78, 5) is 36.0. The predicted octanol–water partition coefficient (Wildman–Crippen LogP) is 2.42. The van der Waals surface area contributed by atoms with Crippen LogP contribution in [0.2, 0.25) is 5.02 Å². The lowest BCUT2D eigenvalue weighted by atomic mass is 9.80. The van der Waals surface area contributed by atoms with Crippen LogP contribution in [0, 0.1) is 5.92 Å². The molecule has 2 aliphatic rings. The van der Waals surface area contributed by atoms with Crippen LogP contribution in [0.5, 0.6) is 0 Å². The van der Waals surface area contributed by atoms with Gasteiger partial charge in [-0.3, -0.25) is 14.4 Å². The van der Waals surface area contributed by atoms with Gasteiger partial charge in [0.25, 0.3) is 0 Å². The van der Waals surface area contributed by atoms with Crippen molar-refractivity contribution < 1.29 is 19.1 Å². The van der Waals surface area contributed by atoms with Gasteiger partial charge in [-0.25, -0.2) is 5.43 Å². The number of anilines is 1. The minimum atomic E-state index is -0.971. The highest BCUT2D eigenvalue weighted by Gasteiger charge is 2.36. The molecule has 2 unspecified atom stereocenters. The SMILES string of the molecule is O=C(N/N=C/C1=COC2CCCCC2C1=O)C(=O)Nc1ccccc1Cl. The molecule has 1 fully saturated rings. The van der Waals surface area contributed by atoms with E-state index in [4.69, 9.17) is 16.3 Å². The fourth-order valence-corrected chi connectivity index (χ4v) is 3.22. The quantitative estimate of drug-likeness (QED) is 0.481. The Morgan fingerprint density at radius 3 is 2.77 bits per heavy atom. The van der Waals surface area contributed by atoms with Gasteiger partial charge in [-0.05, 0) is 31.4 Å². The van der Waals surface area contributed by atoms with E-state index in [0.717, 1.165) is 25.7 Å². The summed E-state index contributed by atoms with van der Waals surface area (Å²) >= 11 is 5.92. The second-order valence-corrected chi connectivity index (χ2v) is 6.54. The van der Waals surface area contributed by atoms with Crippen LogP contribution in [-0.4, -0.2) is 29.9 Å². The number of amides is 2. The first-order valence-corrected chi connectivity index (χ1v) is 8.73. The fraction of sp³-hybridized carbons (Fsp3) is 0.333. The summed E-state index contributed by atoms with van der Waals surface area (Å²) in [6, 6.07) is 6.54. The molecule has 2 N–H and O–H groups in total. The van der Waals surface area contributed by atoms with E-state index in [1.54, 1.807) is 24.3 Å². The van der Waals surface area contributed by atoms with Crippen LogP contribution >= 0.6 is 11.6 Å². The van der Waals surface area contributed by atoms with Crippen LogP contribution < -0.4 is 10.7 Å². The summed E-state index contributed by atoms with van der Waals surface area (Å²) in [5.41, 5.74) is 2.69. The number of hydrogen-bond donors (Lipinski definition) is 2. The molecule has 0 bridgehead atoms. The Bertz CT molecular complexity index is 790. The number of carbonyl (C=O) groups excluding carboxylic acids is 3. The maximum Gasteiger partial charge on any atom is 0.329 e. The van der Waals surface area contributed by atoms with E-state index >= 15 is 0 Å². The molecule has 26 heavy (non-hydrogen) atoms. The third-order valence-electron chi connectivity index (χ3n) is 4.39. The number of nitrogens with one attached hydrogen (secondary N) is 2. The van der Waals surface area contributed by atoms with Gasteiger partial charge in [0, 0.05) is 0 Å². The molecule has 2 atom stereocenters. The van der Waals surface area contributed by atoms with Gasteiger partial charge in [0.1, 0.15) is 6.10 Å². The summed E-state index contributed by atoms with van der Waals surface area (Å²) in [5.74, 6) is -2.09. The standard InChI is InChI=1S/C18H18ClN3O4/c19-13-6-2-3-7-14(13)21-17(24)18(25)22-20-9-11-10-26-15-8-4-1-5-12(15)16(11)23/h2-3,6-7,9-10,12,15H,1,4-5,8H2,(H,21,24)(H,22,25)/b20-9+. The van der Waals surface area contributed by atoms with E-state index in [9.17, 15) is 14.4 Å². The number of nitrogens with zero attached hydrogens (tertiary/aromatic N) is 1. The summed E-state index contributed by atoms with van der Waals surface area (Å²) in [7, 11) is 0. The molecule has 0 saturated heterocycles. The summed E-state index contributed by atoms with van der Waals surface area (Å²) in [5, 5.41) is 6.38. The molecule has 1 aromatic rings. The molecule has 0 radical (unpaired) electrons. The number of para-hydroxylation sites is 1. The number of Topliss-reactive ketones (excluding diaryl/α,β-unsaturated/α-hetero) is 1. The van der Waals surface area contributed by atoms with Crippen LogP contribution in [0.4, 0.5) is 5.69 Å². The van der Waals surface area contributed by atoms with Crippen LogP contribution in [0.25, 0.3) is 0 Å². The number of halogens is 1. The molecule has 1 saturated carbocycles. The topological polar surface area (TPSA) is 96.9 Å². The van der Waals surface area contributed by atoms with Gasteiger partial charge >= 0.3 is 11.8 Å². The van der Waals surface area contributed by atoms with Crippen molar-refractivity contribution in [1.82, 2.24) is 5.43 Å². The van der Waals surface area contributed by atoms with Gasteiger partial charge in [-0.15, -0.1) is 0 Å². The van der Waals surface area contributed by atoms with E-state index in [1.165, 1.54) is 12.5 Å².